The van der Waals surface area contributed by atoms with Gasteiger partial charge in [-0.2, -0.15) is 0 Å². The summed E-state index contributed by atoms with van der Waals surface area (Å²) in [6, 6.07) is 8.71. The second kappa shape index (κ2) is 6.77. The van der Waals surface area contributed by atoms with Gasteiger partial charge in [-0.3, -0.25) is 0 Å². The van der Waals surface area contributed by atoms with Crippen molar-refractivity contribution < 1.29 is 5.11 Å². The number of hydrogen-bond donors (Lipinski definition) is 2. The van der Waals surface area contributed by atoms with Crippen LogP contribution in [0.1, 0.15) is 44.9 Å². The van der Waals surface area contributed by atoms with Gasteiger partial charge in [0.1, 0.15) is 0 Å². The van der Waals surface area contributed by atoms with Crippen LogP contribution in [0.2, 0.25) is 0 Å². The number of nitrogens with one attached hydrogen (secondary N) is 1. The first kappa shape index (κ1) is 14.2. The van der Waals surface area contributed by atoms with Crippen molar-refractivity contribution in [3.05, 3.63) is 35.4 Å². The van der Waals surface area contributed by atoms with E-state index in [1.54, 1.807) is 0 Å². The van der Waals surface area contributed by atoms with Crippen LogP contribution in [0, 0.1) is 5.92 Å². The Morgan fingerprint density at radius 1 is 1.06 bits per heavy atom. The van der Waals surface area contributed by atoms with E-state index < -0.39 is 6.10 Å². The molecule has 1 atom stereocenters. The molecule has 96 valence electrons. The molecule has 2 N–H and O–H groups in total. The minimum absolute atomic E-state index is 0.407. The van der Waals surface area contributed by atoms with Gasteiger partial charge in [-0.05, 0) is 23.5 Å². The van der Waals surface area contributed by atoms with Crippen molar-refractivity contribution in [2.75, 3.05) is 6.54 Å². The maximum atomic E-state index is 9.98. The molecule has 0 saturated heterocycles. The lowest BCUT2D eigenvalue weighted by atomic mass is 10.0. The van der Waals surface area contributed by atoms with Crippen molar-refractivity contribution in [3.8, 4) is 0 Å². The zero-order valence-corrected chi connectivity index (χ0v) is 11.4. The van der Waals surface area contributed by atoms with Crippen molar-refractivity contribution in [3.63, 3.8) is 0 Å². The Bertz CT molecular complexity index is 316. The molecule has 2 heteroatoms. The molecule has 0 spiro atoms. The summed E-state index contributed by atoms with van der Waals surface area (Å²) in [4.78, 5) is 0. The summed E-state index contributed by atoms with van der Waals surface area (Å²) in [7, 11) is 0. The average Bonchev–Trinajstić information content (AvgIpc) is 2.26. The van der Waals surface area contributed by atoms with Crippen molar-refractivity contribution in [2.24, 2.45) is 5.92 Å². The topological polar surface area (TPSA) is 32.3 Å². The van der Waals surface area contributed by atoms with Gasteiger partial charge in [-0.1, -0.05) is 52.0 Å². The minimum atomic E-state index is -0.412. The Labute approximate surface area is 105 Å². The fourth-order valence-electron chi connectivity index (χ4n) is 1.81. The summed E-state index contributed by atoms with van der Waals surface area (Å²) in [5.74, 6) is 0.674. The smallest absolute Gasteiger partial charge is 0.0914 e. The van der Waals surface area contributed by atoms with Crippen molar-refractivity contribution in [1.82, 2.24) is 5.32 Å². The minimum Gasteiger partial charge on any atom is -0.387 e. The van der Waals surface area contributed by atoms with Gasteiger partial charge in [0.15, 0.2) is 0 Å². The maximum Gasteiger partial charge on any atom is 0.0914 e. The van der Waals surface area contributed by atoms with E-state index in [4.69, 9.17) is 0 Å². The van der Waals surface area contributed by atoms with Crippen LogP contribution < -0.4 is 5.32 Å². The van der Waals surface area contributed by atoms with Gasteiger partial charge >= 0.3 is 0 Å². The van der Waals surface area contributed by atoms with Gasteiger partial charge in [-0.25, -0.2) is 0 Å². The zero-order chi connectivity index (χ0) is 12.8. The third kappa shape index (κ3) is 5.33. The van der Waals surface area contributed by atoms with Crippen LogP contribution in [0.5, 0.6) is 0 Å². The lowest BCUT2D eigenvalue weighted by Gasteiger charge is -2.15. The van der Waals surface area contributed by atoms with Crippen LogP contribution in [0.25, 0.3) is 0 Å². The molecule has 0 amide bonds. The molecule has 1 rings (SSSR count). The number of benzene rings is 1. The quantitative estimate of drug-likeness (QED) is 0.794. The lowest BCUT2D eigenvalue weighted by Crippen LogP contribution is -2.27. The monoisotopic (exact) mass is 235 g/mol. The van der Waals surface area contributed by atoms with Gasteiger partial charge in [0, 0.05) is 12.6 Å². The van der Waals surface area contributed by atoms with Crippen LogP contribution in [0.4, 0.5) is 0 Å². The number of hydrogen-bond acceptors (Lipinski definition) is 2. The fourth-order valence-corrected chi connectivity index (χ4v) is 1.81. The highest BCUT2D eigenvalue weighted by Crippen LogP contribution is 2.15. The molecule has 0 radical (unpaired) electrons. The predicted molar refractivity (Wildman–Crippen MR) is 73.1 cm³/mol. The first-order chi connectivity index (χ1) is 7.99. The molecular weight excluding hydrogens is 210 g/mol. The molecule has 1 aromatic rings. The summed E-state index contributed by atoms with van der Waals surface area (Å²) in [6.45, 7) is 9.21. The normalized spacial score (nSPS) is 13.4. The second-order valence-corrected chi connectivity index (χ2v) is 5.42. The average molecular weight is 235 g/mol. The van der Waals surface area contributed by atoms with E-state index in [0.717, 1.165) is 12.0 Å². The van der Waals surface area contributed by atoms with Gasteiger partial charge < -0.3 is 10.4 Å². The largest absolute Gasteiger partial charge is 0.387 e. The Hall–Kier alpha value is -0.860. The maximum absolute atomic E-state index is 9.98. The van der Waals surface area contributed by atoms with E-state index in [2.05, 4.69) is 45.1 Å². The molecule has 0 aliphatic rings. The fraction of sp³-hybridized carbons (Fsp3) is 0.600. The van der Waals surface area contributed by atoms with Crippen LogP contribution in [0.3, 0.4) is 0 Å². The molecule has 0 fully saturated rings. The van der Waals surface area contributed by atoms with E-state index in [9.17, 15) is 5.11 Å². The van der Waals surface area contributed by atoms with Gasteiger partial charge in [0.05, 0.1) is 6.10 Å². The molecule has 0 heterocycles. The summed E-state index contributed by atoms with van der Waals surface area (Å²) in [5, 5.41) is 13.2. The Morgan fingerprint density at radius 2 is 1.65 bits per heavy atom. The van der Waals surface area contributed by atoms with E-state index in [0.29, 0.717) is 18.5 Å². The number of aliphatic hydroxyl groups is 1. The summed E-state index contributed by atoms with van der Waals surface area (Å²) < 4.78 is 0. The number of aliphatic hydroxyl groups excluding tert-OH is 1. The Balaban J connectivity index is 2.54. The number of rotatable bonds is 6. The third-order valence-corrected chi connectivity index (χ3v) is 2.73. The standard InChI is InChI=1S/C15H25NO/c1-11(2)9-13-5-7-14(8-6-13)15(17)10-16-12(3)4/h5-8,11-12,15-17H,9-10H2,1-4H3. The molecule has 0 aliphatic carbocycles. The molecule has 0 aromatic heterocycles. The van der Waals surface area contributed by atoms with Crippen molar-refractivity contribution in [1.29, 1.82) is 0 Å². The molecule has 1 aromatic carbocycles. The lowest BCUT2D eigenvalue weighted by molar-refractivity contribution is 0.171. The highest BCUT2D eigenvalue weighted by atomic mass is 16.3. The van der Waals surface area contributed by atoms with Crippen molar-refractivity contribution >= 4 is 0 Å². The van der Waals surface area contributed by atoms with E-state index in [1.807, 2.05) is 12.1 Å². The predicted octanol–water partition coefficient (Wildman–Crippen LogP) is 2.92. The molecule has 17 heavy (non-hydrogen) atoms. The SMILES string of the molecule is CC(C)Cc1ccc(C(O)CNC(C)C)cc1. The third-order valence-electron chi connectivity index (χ3n) is 2.73. The van der Waals surface area contributed by atoms with Crippen molar-refractivity contribution in [2.45, 2.75) is 46.3 Å². The second-order valence-electron chi connectivity index (χ2n) is 5.42. The Morgan fingerprint density at radius 3 is 2.12 bits per heavy atom. The zero-order valence-electron chi connectivity index (χ0n) is 11.4. The molecule has 0 aliphatic heterocycles. The van der Waals surface area contributed by atoms with E-state index in [1.165, 1.54) is 5.56 Å². The summed E-state index contributed by atoms with van der Waals surface area (Å²) in [5.41, 5.74) is 2.33. The first-order valence-corrected chi connectivity index (χ1v) is 6.49. The summed E-state index contributed by atoms with van der Waals surface area (Å²) >= 11 is 0. The highest BCUT2D eigenvalue weighted by molar-refractivity contribution is 5.24. The Kier molecular flexibility index (Phi) is 5.66. The molecule has 0 saturated carbocycles. The van der Waals surface area contributed by atoms with Crippen LogP contribution in [-0.4, -0.2) is 17.7 Å². The van der Waals surface area contributed by atoms with Crippen LogP contribution in [0.15, 0.2) is 24.3 Å². The molecular formula is C15H25NO. The van der Waals surface area contributed by atoms with Crippen LogP contribution in [-0.2, 0) is 6.42 Å². The van der Waals surface area contributed by atoms with Gasteiger partial charge in [-0.15, -0.1) is 0 Å². The molecule has 2 nitrogen and oxygen atoms in total. The first-order valence-electron chi connectivity index (χ1n) is 6.49. The van der Waals surface area contributed by atoms with E-state index >= 15 is 0 Å². The summed E-state index contributed by atoms with van der Waals surface area (Å²) in [6.07, 6.45) is 0.686. The van der Waals surface area contributed by atoms with Gasteiger partial charge in [0.25, 0.3) is 0 Å². The van der Waals surface area contributed by atoms with Gasteiger partial charge in [0.2, 0.25) is 0 Å². The highest BCUT2D eigenvalue weighted by Gasteiger charge is 2.07. The van der Waals surface area contributed by atoms with Crippen LogP contribution >= 0.6 is 0 Å². The van der Waals surface area contributed by atoms with E-state index in [-0.39, 0.29) is 0 Å². The molecule has 1 unspecified atom stereocenters. The molecule has 0 bridgehead atoms.